The Bertz CT molecular complexity index is 506. The van der Waals surface area contributed by atoms with Crippen molar-refractivity contribution in [1.29, 1.82) is 0 Å². The molecular weight excluding hydrogens is 300 g/mol. The van der Waals surface area contributed by atoms with Crippen molar-refractivity contribution in [3.8, 4) is 0 Å². The standard InChI is InChI=1S/C20H32N2O2/c1-3-16(4-2)13-20(24)21-14-17-7-5-6-8-18(17)15-22-11-9-19(23)10-12-22/h5-8,16,19,23H,3-4,9-15H2,1-2H3,(H,21,24). The maximum atomic E-state index is 12.1. The number of carbonyl (C=O) groups excluding carboxylic acids is 1. The lowest BCUT2D eigenvalue weighted by atomic mass is 9.99. The Labute approximate surface area is 146 Å². The Kier molecular flexibility index (Phi) is 7.73. The van der Waals surface area contributed by atoms with Crippen LogP contribution in [0.5, 0.6) is 0 Å². The van der Waals surface area contributed by atoms with Gasteiger partial charge in [0.25, 0.3) is 0 Å². The van der Waals surface area contributed by atoms with Gasteiger partial charge in [0.15, 0.2) is 0 Å². The van der Waals surface area contributed by atoms with Gasteiger partial charge in [0.2, 0.25) is 5.91 Å². The number of hydrogen-bond donors (Lipinski definition) is 2. The number of benzene rings is 1. The van der Waals surface area contributed by atoms with E-state index in [1.54, 1.807) is 0 Å². The van der Waals surface area contributed by atoms with Crippen molar-refractivity contribution in [2.24, 2.45) is 5.92 Å². The molecule has 1 heterocycles. The van der Waals surface area contributed by atoms with E-state index in [1.807, 2.05) is 6.07 Å². The van der Waals surface area contributed by atoms with Gasteiger partial charge in [-0.25, -0.2) is 0 Å². The van der Waals surface area contributed by atoms with Crippen molar-refractivity contribution in [3.63, 3.8) is 0 Å². The van der Waals surface area contributed by atoms with Gasteiger partial charge in [0.05, 0.1) is 6.10 Å². The lowest BCUT2D eigenvalue weighted by Crippen LogP contribution is -2.35. The summed E-state index contributed by atoms with van der Waals surface area (Å²) in [7, 11) is 0. The number of piperidine rings is 1. The molecule has 2 N–H and O–H groups in total. The van der Waals surface area contributed by atoms with Gasteiger partial charge in [-0.2, -0.15) is 0 Å². The van der Waals surface area contributed by atoms with Gasteiger partial charge in [-0.15, -0.1) is 0 Å². The van der Waals surface area contributed by atoms with E-state index in [2.05, 4.69) is 42.3 Å². The largest absolute Gasteiger partial charge is 0.393 e. The van der Waals surface area contributed by atoms with E-state index in [4.69, 9.17) is 0 Å². The van der Waals surface area contributed by atoms with Crippen molar-refractivity contribution < 1.29 is 9.90 Å². The van der Waals surface area contributed by atoms with Gasteiger partial charge < -0.3 is 10.4 Å². The molecule has 0 aromatic heterocycles. The van der Waals surface area contributed by atoms with Gasteiger partial charge in [-0.1, -0.05) is 51.0 Å². The quantitative estimate of drug-likeness (QED) is 0.769. The van der Waals surface area contributed by atoms with E-state index in [1.165, 1.54) is 11.1 Å². The predicted octanol–water partition coefficient (Wildman–Crippen LogP) is 3.09. The maximum Gasteiger partial charge on any atom is 0.220 e. The second kappa shape index (κ2) is 9.80. The average Bonchev–Trinajstić information content (AvgIpc) is 2.61. The SMILES string of the molecule is CCC(CC)CC(=O)NCc1ccccc1CN1CCC(O)CC1. The molecule has 0 saturated carbocycles. The van der Waals surface area contributed by atoms with Crippen molar-refractivity contribution >= 4 is 5.91 Å². The molecule has 1 fully saturated rings. The van der Waals surface area contributed by atoms with E-state index in [9.17, 15) is 9.90 Å². The van der Waals surface area contributed by atoms with Crippen LogP contribution in [0.4, 0.5) is 0 Å². The molecule has 1 aromatic rings. The van der Waals surface area contributed by atoms with Crippen LogP contribution in [-0.4, -0.2) is 35.1 Å². The van der Waals surface area contributed by atoms with E-state index in [0.29, 0.717) is 18.9 Å². The molecule has 2 rings (SSSR count). The molecule has 0 bridgehead atoms. The second-order valence-electron chi connectivity index (χ2n) is 6.94. The second-order valence-corrected chi connectivity index (χ2v) is 6.94. The highest BCUT2D eigenvalue weighted by Crippen LogP contribution is 2.17. The van der Waals surface area contributed by atoms with Crippen molar-refractivity contribution in [2.45, 2.75) is 65.1 Å². The molecule has 0 spiro atoms. The van der Waals surface area contributed by atoms with Crippen molar-refractivity contribution in [1.82, 2.24) is 10.2 Å². The summed E-state index contributed by atoms with van der Waals surface area (Å²) >= 11 is 0. The van der Waals surface area contributed by atoms with Crippen molar-refractivity contribution in [3.05, 3.63) is 35.4 Å². The predicted molar refractivity (Wildman–Crippen MR) is 97.5 cm³/mol. The third-order valence-corrected chi connectivity index (χ3v) is 5.17. The summed E-state index contributed by atoms with van der Waals surface area (Å²) in [4.78, 5) is 14.5. The number of aliphatic hydroxyl groups excluding tert-OH is 1. The van der Waals surface area contributed by atoms with Crippen LogP contribution >= 0.6 is 0 Å². The molecule has 0 aliphatic carbocycles. The topological polar surface area (TPSA) is 52.6 Å². The highest BCUT2D eigenvalue weighted by molar-refractivity contribution is 5.76. The first-order valence-corrected chi connectivity index (χ1v) is 9.36. The summed E-state index contributed by atoms with van der Waals surface area (Å²) in [6.07, 6.45) is 4.31. The first kappa shape index (κ1) is 18.9. The number of nitrogens with one attached hydrogen (secondary N) is 1. The Morgan fingerprint density at radius 1 is 1.21 bits per heavy atom. The Balaban J connectivity index is 1.88. The number of likely N-dealkylation sites (tertiary alicyclic amines) is 1. The number of nitrogens with zero attached hydrogens (tertiary/aromatic N) is 1. The van der Waals surface area contributed by atoms with E-state index >= 15 is 0 Å². The summed E-state index contributed by atoms with van der Waals surface area (Å²) in [6.45, 7) is 7.67. The molecule has 1 aliphatic rings. The van der Waals surface area contributed by atoms with Crippen molar-refractivity contribution in [2.75, 3.05) is 13.1 Å². The fourth-order valence-corrected chi connectivity index (χ4v) is 3.31. The highest BCUT2D eigenvalue weighted by atomic mass is 16.3. The van der Waals surface area contributed by atoms with Gasteiger partial charge in [0, 0.05) is 32.6 Å². The third kappa shape index (κ3) is 5.91. The van der Waals surface area contributed by atoms with Crippen LogP contribution in [-0.2, 0) is 17.9 Å². The summed E-state index contributed by atoms with van der Waals surface area (Å²) in [5.41, 5.74) is 2.47. The number of hydrogen-bond acceptors (Lipinski definition) is 3. The zero-order chi connectivity index (χ0) is 17.4. The van der Waals surface area contributed by atoms with Crippen LogP contribution in [0.1, 0.15) is 57.1 Å². The monoisotopic (exact) mass is 332 g/mol. The molecule has 1 saturated heterocycles. The minimum atomic E-state index is -0.138. The van der Waals surface area contributed by atoms with Crippen LogP contribution in [0.25, 0.3) is 0 Å². The maximum absolute atomic E-state index is 12.1. The summed E-state index contributed by atoms with van der Waals surface area (Å²) in [6, 6.07) is 8.34. The van der Waals surface area contributed by atoms with E-state index in [-0.39, 0.29) is 12.0 Å². The number of rotatable bonds is 8. The molecule has 1 aromatic carbocycles. The molecule has 1 amide bonds. The third-order valence-electron chi connectivity index (χ3n) is 5.17. The summed E-state index contributed by atoms with van der Waals surface area (Å²) in [5, 5.41) is 12.7. The average molecular weight is 332 g/mol. The zero-order valence-electron chi connectivity index (χ0n) is 15.1. The Morgan fingerprint density at radius 3 is 2.46 bits per heavy atom. The molecule has 24 heavy (non-hydrogen) atoms. The summed E-state index contributed by atoms with van der Waals surface area (Å²) in [5.74, 6) is 0.639. The highest BCUT2D eigenvalue weighted by Gasteiger charge is 2.18. The minimum absolute atomic E-state index is 0.138. The number of aliphatic hydroxyl groups is 1. The molecule has 4 heteroatoms. The fourth-order valence-electron chi connectivity index (χ4n) is 3.31. The van der Waals surface area contributed by atoms with Crippen LogP contribution in [0.3, 0.4) is 0 Å². The van der Waals surface area contributed by atoms with Crippen LogP contribution in [0, 0.1) is 5.92 Å². The van der Waals surface area contributed by atoms with Crippen LogP contribution in [0.2, 0.25) is 0 Å². The first-order chi connectivity index (χ1) is 11.6. The van der Waals surface area contributed by atoms with Crippen LogP contribution < -0.4 is 5.32 Å². The molecule has 0 radical (unpaired) electrons. The van der Waals surface area contributed by atoms with Gasteiger partial charge in [-0.05, 0) is 29.9 Å². The van der Waals surface area contributed by atoms with Gasteiger partial charge >= 0.3 is 0 Å². The van der Waals surface area contributed by atoms with E-state index in [0.717, 1.165) is 45.3 Å². The zero-order valence-corrected chi connectivity index (χ0v) is 15.1. The molecular formula is C20H32N2O2. The molecule has 0 unspecified atom stereocenters. The molecule has 0 atom stereocenters. The molecule has 4 nitrogen and oxygen atoms in total. The Hall–Kier alpha value is -1.39. The minimum Gasteiger partial charge on any atom is -0.393 e. The fraction of sp³-hybridized carbons (Fsp3) is 0.650. The summed E-state index contributed by atoms with van der Waals surface area (Å²) < 4.78 is 0. The molecule has 134 valence electrons. The lowest BCUT2D eigenvalue weighted by Gasteiger charge is -2.30. The normalized spacial score (nSPS) is 16.5. The van der Waals surface area contributed by atoms with Crippen LogP contribution in [0.15, 0.2) is 24.3 Å². The number of amides is 1. The smallest absolute Gasteiger partial charge is 0.220 e. The lowest BCUT2D eigenvalue weighted by molar-refractivity contribution is -0.122. The van der Waals surface area contributed by atoms with Gasteiger partial charge in [-0.3, -0.25) is 9.69 Å². The first-order valence-electron chi connectivity index (χ1n) is 9.36. The molecule has 1 aliphatic heterocycles. The van der Waals surface area contributed by atoms with E-state index < -0.39 is 0 Å². The number of carbonyl (C=O) groups is 1. The Morgan fingerprint density at radius 2 is 1.83 bits per heavy atom. The van der Waals surface area contributed by atoms with Gasteiger partial charge in [0.1, 0.15) is 0 Å².